The molecule has 0 spiro atoms. The lowest BCUT2D eigenvalue weighted by atomic mass is 9.81. The van der Waals surface area contributed by atoms with Crippen LogP contribution in [0.5, 0.6) is 0 Å². The number of nitrogens with zero attached hydrogens (tertiary/aromatic N) is 2. The summed E-state index contributed by atoms with van der Waals surface area (Å²) in [5.74, 6) is 0. The molecule has 0 saturated heterocycles. The second-order valence-electron chi connectivity index (χ2n) is 16.3. The van der Waals surface area contributed by atoms with Crippen LogP contribution in [0.3, 0.4) is 0 Å². The van der Waals surface area contributed by atoms with Crippen molar-refractivity contribution in [3.8, 4) is 44.5 Å². The van der Waals surface area contributed by atoms with Crippen LogP contribution in [0.25, 0.3) is 44.5 Å². The molecule has 0 aliphatic heterocycles. The Morgan fingerprint density at radius 1 is 0.283 bits per heavy atom. The Hall–Kier alpha value is -7.42. The Bertz CT molecular complexity index is 2880. The van der Waals surface area contributed by atoms with Crippen molar-refractivity contribution >= 4 is 34.1 Å². The lowest BCUT2D eigenvalue weighted by Crippen LogP contribution is -2.15. The molecule has 0 radical (unpaired) electrons. The molecule has 288 valence electrons. The van der Waals surface area contributed by atoms with E-state index in [2.05, 4.69) is 255 Å². The topological polar surface area (TPSA) is 6.48 Å². The van der Waals surface area contributed by atoms with E-state index in [-0.39, 0.29) is 5.41 Å². The quantitative estimate of drug-likeness (QED) is 0.144. The molecule has 0 bridgehead atoms. The Balaban J connectivity index is 0.892. The van der Waals surface area contributed by atoms with Crippen molar-refractivity contribution in [2.24, 2.45) is 0 Å². The van der Waals surface area contributed by atoms with Crippen LogP contribution < -0.4 is 9.80 Å². The molecule has 0 unspecified atom stereocenters. The molecule has 60 heavy (non-hydrogen) atoms. The summed E-state index contributed by atoms with van der Waals surface area (Å²) < 4.78 is 0. The van der Waals surface area contributed by atoms with Crippen LogP contribution >= 0.6 is 0 Å². The molecule has 1 aliphatic rings. The van der Waals surface area contributed by atoms with Crippen LogP contribution in [0.1, 0.15) is 30.5 Å². The van der Waals surface area contributed by atoms with Gasteiger partial charge in [-0.15, -0.1) is 0 Å². The Morgan fingerprint density at radius 2 is 0.600 bits per heavy atom. The molecular weight excluding hydrogens is 725 g/mol. The molecule has 2 nitrogen and oxygen atoms in total. The van der Waals surface area contributed by atoms with Gasteiger partial charge in [0.2, 0.25) is 0 Å². The Kier molecular flexibility index (Phi) is 9.47. The number of hydrogen-bond donors (Lipinski definition) is 0. The van der Waals surface area contributed by atoms with Crippen LogP contribution in [0.4, 0.5) is 34.1 Å². The number of benzene rings is 9. The van der Waals surface area contributed by atoms with Gasteiger partial charge < -0.3 is 9.80 Å². The van der Waals surface area contributed by atoms with E-state index < -0.39 is 0 Å². The second-order valence-corrected chi connectivity index (χ2v) is 16.3. The SMILES string of the molecule is Cc1cccc(N(c2ccccc2)c2ccc(-c3ccc(-c4ccc5c(c4)C(C)(C)c4cc(-c6ccc(N(c7ccccc7)c7ccccc7)cc6)ccc4-5)cc3)cc2)c1. The first-order chi connectivity index (χ1) is 29.4. The number of hydrogen-bond acceptors (Lipinski definition) is 2. The van der Waals surface area contributed by atoms with Gasteiger partial charge in [0.1, 0.15) is 0 Å². The molecule has 0 fully saturated rings. The first kappa shape index (κ1) is 36.9. The highest BCUT2D eigenvalue weighted by Crippen LogP contribution is 2.51. The maximum Gasteiger partial charge on any atom is 0.0464 e. The maximum atomic E-state index is 2.42. The average molecular weight is 771 g/mol. The van der Waals surface area contributed by atoms with Crippen LogP contribution in [0.15, 0.2) is 224 Å². The van der Waals surface area contributed by atoms with Crippen molar-refractivity contribution in [2.75, 3.05) is 9.80 Å². The molecule has 9 aromatic rings. The molecule has 0 saturated carbocycles. The van der Waals surface area contributed by atoms with E-state index in [1.807, 2.05) is 0 Å². The molecule has 2 heteroatoms. The lowest BCUT2D eigenvalue weighted by Gasteiger charge is -2.26. The van der Waals surface area contributed by atoms with E-state index in [0.717, 1.165) is 34.1 Å². The zero-order chi connectivity index (χ0) is 40.6. The summed E-state index contributed by atoms with van der Waals surface area (Å²) in [6.45, 7) is 6.89. The minimum atomic E-state index is -0.137. The van der Waals surface area contributed by atoms with Gasteiger partial charge in [-0.2, -0.15) is 0 Å². The van der Waals surface area contributed by atoms with Gasteiger partial charge in [-0.1, -0.05) is 153 Å². The predicted octanol–water partition coefficient (Wildman–Crippen LogP) is 16.2. The highest BCUT2D eigenvalue weighted by molar-refractivity contribution is 5.87. The molecule has 10 rings (SSSR count). The monoisotopic (exact) mass is 770 g/mol. The van der Waals surface area contributed by atoms with Gasteiger partial charge in [0.15, 0.2) is 0 Å². The van der Waals surface area contributed by atoms with E-state index in [0.29, 0.717) is 0 Å². The number of aryl methyl sites for hydroxylation is 1. The molecule has 0 atom stereocenters. The van der Waals surface area contributed by atoms with Gasteiger partial charge >= 0.3 is 0 Å². The third-order valence-electron chi connectivity index (χ3n) is 12.1. The first-order valence-electron chi connectivity index (χ1n) is 20.8. The van der Waals surface area contributed by atoms with E-state index in [9.17, 15) is 0 Å². The van der Waals surface area contributed by atoms with Gasteiger partial charge in [0.25, 0.3) is 0 Å². The molecule has 9 aromatic carbocycles. The number of rotatable bonds is 9. The second kappa shape index (κ2) is 15.4. The standard InChI is InChI=1S/C58H46N2/c1-41-14-13-21-53(38-41)60(50-19-11-6-12-20-50)52-32-26-43(27-33-52)42-22-24-44(25-23-42)46-30-36-54-55-37-31-47(40-57(55)58(2,3)56(54)39-46)45-28-34-51(35-29-45)59(48-15-7-4-8-16-48)49-17-9-5-10-18-49/h4-40H,1-3H3. The van der Waals surface area contributed by atoms with E-state index in [1.165, 1.54) is 61.2 Å². The molecule has 0 amide bonds. The summed E-state index contributed by atoms with van der Waals surface area (Å²) in [5.41, 5.74) is 20.7. The average Bonchev–Trinajstić information content (AvgIpc) is 3.53. The summed E-state index contributed by atoms with van der Waals surface area (Å²) in [4.78, 5) is 4.63. The lowest BCUT2D eigenvalue weighted by molar-refractivity contribution is 0.661. The zero-order valence-corrected chi connectivity index (χ0v) is 34.3. The van der Waals surface area contributed by atoms with Crippen molar-refractivity contribution in [3.05, 3.63) is 241 Å². The van der Waals surface area contributed by atoms with Crippen molar-refractivity contribution in [1.82, 2.24) is 0 Å². The summed E-state index contributed by atoms with van der Waals surface area (Å²) in [6.07, 6.45) is 0. The predicted molar refractivity (Wildman–Crippen MR) is 254 cm³/mol. The van der Waals surface area contributed by atoms with Crippen molar-refractivity contribution in [3.63, 3.8) is 0 Å². The van der Waals surface area contributed by atoms with Crippen LogP contribution in [-0.4, -0.2) is 0 Å². The van der Waals surface area contributed by atoms with Gasteiger partial charge in [0.05, 0.1) is 0 Å². The summed E-state index contributed by atoms with van der Waals surface area (Å²) in [7, 11) is 0. The fourth-order valence-corrected chi connectivity index (χ4v) is 8.95. The van der Waals surface area contributed by atoms with Crippen LogP contribution in [-0.2, 0) is 5.41 Å². The maximum absolute atomic E-state index is 2.42. The van der Waals surface area contributed by atoms with Gasteiger partial charge in [-0.3, -0.25) is 0 Å². The summed E-state index contributed by atoms with van der Waals surface area (Å²) in [5, 5.41) is 0. The smallest absolute Gasteiger partial charge is 0.0464 e. The molecule has 0 heterocycles. The minimum Gasteiger partial charge on any atom is -0.311 e. The van der Waals surface area contributed by atoms with E-state index in [1.54, 1.807) is 0 Å². The van der Waals surface area contributed by atoms with Crippen molar-refractivity contribution < 1.29 is 0 Å². The van der Waals surface area contributed by atoms with Gasteiger partial charge in [0, 0.05) is 39.5 Å². The van der Waals surface area contributed by atoms with Crippen molar-refractivity contribution in [1.29, 1.82) is 0 Å². The van der Waals surface area contributed by atoms with E-state index >= 15 is 0 Å². The first-order valence-corrected chi connectivity index (χ1v) is 20.8. The molecule has 1 aliphatic carbocycles. The van der Waals surface area contributed by atoms with Crippen LogP contribution in [0.2, 0.25) is 0 Å². The minimum absolute atomic E-state index is 0.137. The largest absolute Gasteiger partial charge is 0.311 e. The Morgan fingerprint density at radius 3 is 1.00 bits per heavy atom. The highest BCUT2D eigenvalue weighted by atomic mass is 15.1. The zero-order valence-electron chi connectivity index (χ0n) is 34.3. The third kappa shape index (κ3) is 6.86. The molecular formula is C58H46N2. The third-order valence-corrected chi connectivity index (χ3v) is 12.1. The summed E-state index contributed by atoms with van der Waals surface area (Å²) >= 11 is 0. The molecule has 0 N–H and O–H groups in total. The molecule has 0 aromatic heterocycles. The van der Waals surface area contributed by atoms with E-state index in [4.69, 9.17) is 0 Å². The van der Waals surface area contributed by atoms with Gasteiger partial charge in [-0.25, -0.2) is 0 Å². The fraction of sp³-hybridized carbons (Fsp3) is 0.0690. The summed E-state index contributed by atoms with van der Waals surface area (Å²) in [6, 6.07) is 81.4. The number of para-hydroxylation sites is 3. The number of anilines is 6. The normalized spacial score (nSPS) is 12.4. The number of fused-ring (bicyclic) bond motifs is 3. The van der Waals surface area contributed by atoms with Crippen LogP contribution in [0, 0.1) is 6.92 Å². The van der Waals surface area contributed by atoms with Crippen molar-refractivity contribution in [2.45, 2.75) is 26.2 Å². The Labute approximate surface area is 354 Å². The van der Waals surface area contributed by atoms with Gasteiger partial charge in [-0.05, 0) is 153 Å². The highest BCUT2D eigenvalue weighted by Gasteiger charge is 2.36. The fourth-order valence-electron chi connectivity index (χ4n) is 8.95.